The van der Waals surface area contributed by atoms with E-state index >= 15 is 0 Å². The van der Waals surface area contributed by atoms with Crippen molar-refractivity contribution >= 4 is 24.5 Å². The van der Waals surface area contributed by atoms with Crippen molar-refractivity contribution in [3.05, 3.63) is 0 Å². The van der Waals surface area contributed by atoms with Gasteiger partial charge in [-0.1, -0.05) is 0 Å². The fourth-order valence-electron chi connectivity index (χ4n) is 3.07. The van der Waals surface area contributed by atoms with Crippen molar-refractivity contribution in [2.75, 3.05) is 17.8 Å². The Labute approximate surface area is 160 Å². The number of carbonyl (C=O) groups is 1. The first-order valence-corrected chi connectivity index (χ1v) is 18.4. The summed E-state index contributed by atoms with van der Waals surface area (Å²) in [6.45, 7) is 13.6. The van der Waals surface area contributed by atoms with E-state index in [1.807, 2.05) is 20.8 Å². The average molecular weight is 464 g/mol. The van der Waals surface area contributed by atoms with Crippen LogP contribution >= 0.6 is 0 Å². The van der Waals surface area contributed by atoms with E-state index in [0.717, 1.165) is 4.62 Å². The molecule has 0 saturated heterocycles. The third-order valence-corrected chi connectivity index (χ3v) is 18.9. The molecule has 25 heavy (non-hydrogen) atoms. The maximum absolute atomic E-state index is 11.7. The van der Waals surface area contributed by atoms with Gasteiger partial charge in [0.15, 0.2) is 0 Å². The molecule has 150 valence electrons. The van der Waals surface area contributed by atoms with Crippen LogP contribution in [0.1, 0.15) is 80.1 Å². The molecule has 1 N–H and O–H groups in total. The Morgan fingerprint density at radius 3 is 1.80 bits per heavy atom. The first-order chi connectivity index (χ1) is 11.8. The van der Waals surface area contributed by atoms with E-state index in [1.165, 1.54) is 51.8 Å². The van der Waals surface area contributed by atoms with Crippen LogP contribution in [-0.4, -0.2) is 47.8 Å². The predicted octanol–water partition coefficient (Wildman–Crippen LogP) is 5.92. The normalized spacial score (nSPS) is 12.2. The van der Waals surface area contributed by atoms with E-state index in [2.05, 4.69) is 26.1 Å². The molecule has 0 radical (unpaired) electrons. The summed E-state index contributed by atoms with van der Waals surface area (Å²) in [5.74, 6) is 0. The van der Waals surface area contributed by atoms with Gasteiger partial charge in [0, 0.05) is 0 Å². The van der Waals surface area contributed by atoms with Crippen molar-refractivity contribution < 1.29 is 14.3 Å². The molecule has 0 aromatic heterocycles. The van der Waals surface area contributed by atoms with Crippen molar-refractivity contribution in [2.45, 2.75) is 99.0 Å². The van der Waals surface area contributed by atoms with E-state index in [9.17, 15) is 4.79 Å². The summed E-state index contributed by atoms with van der Waals surface area (Å²) in [6, 6.07) is 0. The minimum absolute atomic E-state index is 0.353. The van der Waals surface area contributed by atoms with Crippen LogP contribution in [0.15, 0.2) is 0 Å². The van der Waals surface area contributed by atoms with Crippen LogP contribution in [0.5, 0.6) is 0 Å². The molecule has 5 heteroatoms. The Morgan fingerprint density at radius 2 is 1.40 bits per heavy atom. The van der Waals surface area contributed by atoms with Gasteiger partial charge in [0.1, 0.15) is 0 Å². The number of ether oxygens (including phenoxy) is 2. The van der Waals surface area contributed by atoms with Gasteiger partial charge in [-0.2, -0.15) is 0 Å². The number of amides is 1. The van der Waals surface area contributed by atoms with Crippen LogP contribution in [-0.2, 0) is 9.47 Å². The topological polar surface area (TPSA) is 47.6 Å². The monoisotopic (exact) mass is 465 g/mol. The Balaban J connectivity index is 4.36. The van der Waals surface area contributed by atoms with Crippen molar-refractivity contribution in [1.29, 1.82) is 0 Å². The molecule has 0 atom stereocenters. The molecule has 4 nitrogen and oxygen atoms in total. The Morgan fingerprint density at radius 1 is 0.920 bits per heavy atom. The number of alkyl carbamates (subject to hydrolysis) is 1. The molecule has 0 rings (SSSR count). The van der Waals surface area contributed by atoms with Gasteiger partial charge < -0.3 is 0 Å². The summed E-state index contributed by atoms with van der Waals surface area (Å²) in [7, 11) is 0. The van der Waals surface area contributed by atoms with Gasteiger partial charge in [0.2, 0.25) is 0 Å². The van der Waals surface area contributed by atoms with E-state index in [0.29, 0.717) is 13.2 Å². The van der Waals surface area contributed by atoms with Crippen molar-refractivity contribution in [3.63, 3.8) is 0 Å². The third-order valence-electron chi connectivity index (χ3n) is 4.50. The Hall–Kier alpha value is 0.0287. The summed E-state index contributed by atoms with van der Waals surface area (Å²) >= 11 is -2.19. The second kappa shape index (κ2) is 14.1. The number of rotatable bonds is 14. The van der Waals surface area contributed by atoms with Gasteiger partial charge in [-0.25, -0.2) is 0 Å². The van der Waals surface area contributed by atoms with Crippen molar-refractivity contribution in [2.24, 2.45) is 0 Å². The molecule has 0 bridgehead atoms. The van der Waals surface area contributed by atoms with Crippen LogP contribution in [0.3, 0.4) is 0 Å². The zero-order chi connectivity index (χ0) is 19.2. The third kappa shape index (κ3) is 13.8. The van der Waals surface area contributed by atoms with Crippen LogP contribution in [0.4, 0.5) is 4.79 Å². The summed E-state index contributed by atoms with van der Waals surface area (Å²) < 4.78 is 16.8. The number of hydrogen-bond acceptors (Lipinski definition) is 3. The van der Waals surface area contributed by atoms with E-state index < -0.39 is 24.0 Å². The van der Waals surface area contributed by atoms with Gasteiger partial charge in [-0.15, -0.1) is 0 Å². The quantitative estimate of drug-likeness (QED) is 0.257. The van der Waals surface area contributed by atoms with E-state index in [4.69, 9.17) is 9.47 Å². The molecule has 0 spiro atoms. The Kier molecular flexibility index (Phi) is 14.1. The minimum atomic E-state index is -2.19. The molecule has 1 amide bonds. The molecule has 0 aliphatic carbocycles. The molecular weight excluding hydrogens is 421 g/mol. The second-order valence-electron chi connectivity index (χ2n) is 8.29. The van der Waals surface area contributed by atoms with Crippen LogP contribution in [0, 0.1) is 0 Å². The second-order valence-corrected chi connectivity index (χ2v) is 22.0. The maximum atomic E-state index is 11.7. The van der Waals surface area contributed by atoms with E-state index in [1.54, 1.807) is 0 Å². The molecule has 0 aliphatic heterocycles. The van der Waals surface area contributed by atoms with Gasteiger partial charge in [-0.05, 0) is 0 Å². The first kappa shape index (κ1) is 25.0. The summed E-state index contributed by atoms with van der Waals surface area (Å²) in [5, 5.41) is 2.79. The Bertz CT molecular complexity index is 321. The fourth-order valence-corrected chi connectivity index (χ4v) is 17.5. The number of hydrogen-bond donors (Lipinski definition) is 1. The van der Waals surface area contributed by atoms with Gasteiger partial charge in [0.05, 0.1) is 0 Å². The zero-order valence-electron chi connectivity index (χ0n) is 17.7. The molecule has 0 unspecified atom stereocenters. The predicted molar refractivity (Wildman–Crippen MR) is 110 cm³/mol. The summed E-state index contributed by atoms with van der Waals surface area (Å²) in [6.07, 6.45) is 7.61. The summed E-state index contributed by atoms with van der Waals surface area (Å²) in [4.78, 5) is 11.7. The molecule has 0 fully saturated rings. The van der Waals surface area contributed by atoms with Crippen molar-refractivity contribution in [1.82, 2.24) is 5.32 Å². The summed E-state index contributed by atoms with van der Waals surface area (Å²) in [5.41, 5.74) is -0.447. The zero-order valence-corrected chi connectivity index (χ0v) is 20.6. The average Bonchev–Trinajstić information content (AvgIpc) is 2.53. The van der Waals surface area contributed by atoms with Crippen molar-refractivity contribution in [3.8, 4) is 0 Å². The SMILES string of the molecule is CCC[CH2][Sn]([CH2]CCC)([CH2]CCC)[CH2]OCCNC(=O)OC(C)(C)C. The standard InChI is InChI=1S/C8H16NO3.3C4H9.Sn/c1-8(2,3)12-7(10)9-5-6-11-4;3*1-3-4-2;/h4-6H2,1-3H3,(H,9,10);3*1,3-4H2,2H3;. The fraction of sp³-hybridized carbons (Fsp3) is 0.950. The number of nitrogens with one attached hydrogen (secondary N) is 1. The van der Waals surface area contributed by atoms with Crippen LogP contribution in [0.25, 0.3) is 0 Å². The van der Waals surface area contributed by atoms with Crippen LogP contribution in [0.2, 0.25) is 13.3 Å². The first-order valence-electron chi connectivity index (χ1n) is 10.3. The molecule has 0 heterocycles. The molecular formula is C20H43NO3Sn. The van der Waals surface area contributed by atoms with Crippen LogP contribution < -0.4 is 5.32 Å². The van der Waals surface area contributed by atoms with Gasteiger partial charge >= 0.3 is 161 Å². The molecule has 0 aromatic rings. The molecule has 0 saturated carbocycles. The molecule has 0 aromatic carbocycles. The van der Waals surface area contributed by atoms with Gasteiger partial charge in [-0.3, -0.25) is 0 Å². The van der Waals surface area contributed by atoms with Gasteiger partial charge in [0.25, 0.3) is 0 Å². The number of carbonyl (C=O) groups excluding carboxylic acids is 1. The van der Waals surface area contributed by atoms with E-state index in [-0.39, 0.29) is 6.09 Å². The molecule has 0 aliphatic rings. The number of unbranched alkanes of at least 4 members (excludes halogenated alkanes) is 3.